The molecule has 0 aliphatic carbocycles. The van der Waals surface area contributed by atoms with Gasteiger partial charge in [-0.25, -0.2) is 13.2 Å². The zero-order valence-corrected chi connectivity index (χ0v) is 13.1. The van der Waals surface area contributed by atoms with Crippen LogP contribution >= 0.6 is 0 Å². The smallest absolute Gasteiger partial charge is 0.194 e. The first kappa shape index (κ1) is 18.0. The summed E-state index contributed by atoms with van der Waals surface area (Å²) in [7, 11) is 0. The monoisotopic (exact) mass is 303 g/mol. The molecule has 2 nitrogen and oxygen atoms in total. The SMILES string of the molecule is CCCNC(c1ccc(F)c(F)c1F)C(OCC)C(C)C. The van der Waals surface area contributed by atoms with E-state index in [2.05, 4.69) is 5.32 Å². The zero-order chi connectivity index (χ0) is 16.0. The third-order valence-corrected chi connectivity index (χ3v) is 3.36. The molecule has 0 aliphatic rings. The first-order valence-corrected chi connectivity index (χ1v) is 7.42. The van der Waals surface area contributed by atoms with Gasteiger partial charge in [0.15, 0.2) is 17.5 Å². The zero-order valence-electron chi connectivity index (χ0n) is 13.1. The van der Waals surface area contributed by atoms with E-state index < -0.39 is 23.5 Å². The van der Waals surface area contributed by atoms with E-state index in [0.717, 1.165) is 12.5 Å². The highest BCUT2D eigenvalue weighted by molar-refractivity contribution is 5.25. The van der Waals surface area contributed by atoms with Crippen LogP contribution in [0.2, 0.25) is 0 Å². The summed E-state index contributed by atoms with van der Waals surface area (Å²) in [5.74, 6) is -3.65. The summed E-state index contributed by atoms with van der Waals surface area (Å²) in [5, 5.41) is 3.19. The maximum atomic E-state index is 14.1. The molecule has 0 bridgehead atoms. The van der Waals surface area contributed by atoms with Gasteiger partial charge >= 0.3 is 0 Å². The molecule has 1 aromatic rings. The van der Waals surface area contributed by atoms with Crippen molar-refractivity contribution in [1.29, 1.82) is 0 Å². The molecule has 0 saturated heterocycles. The van der Waals surface area contributed by atoms with Crippen LogP contribution in [-0.2, 0) is 4.74 Å². The molecule has 1 aromatic carbocycles. The predicted molar refractivity (Wildman–Crippen MR) is 77.6 cm³/mol. The van der Waals surface area contributed by atoms with Crippen molar-refractivity contribution in [1.82, 2.24) is 5.32 Å². The summed E-state index contributed by atoms with van der Waals surface area (Å²) >= 11 is 0. The Hall–Kier alpha value is -1.07. The lowest BCUT2D eigenvalue weighted by Crippen LogP contribution is -2.38. The highest BCUT2D eigenvalue weighted by atomic mass is 19.2. The standard InChI is InChI=1S/C16H24F3NO/c1-5-9-20-15(16(10(3)4)21-6-2)11-7-8-12(17)14(19)13(11)18/h7-8,10,15-16,20H,5-6,9H2,1-4H3. The van der Waals surface area contributed by atoms with E-state index in [1.165, 1.54) is 6.07 Å². The van der Waals surface area contributed by atoms with E-state index in [-0.39, 0.29) is 17.6 Å². The molecule has 0 radical (unpaired) electrons. The van der Waals surface area contributed by atoms with Crippen molar-refractivity contribution in [3.05, 3.63) is 35.1 Å². The van der Waals surface area contributed by atoms with E-state index in [0.29, 0.717) is 13.2 Å². The maximum Gasteiger partial charge on any atom is 0.194 e. The number of hydrogen-bond donors (Lipinski definition) is 1. The molecule has 2 atom stereocenters. The minimum atomic E-state index is -1.44. The van der Waals surface area contributed by atoms with Crippen LogP contribution in [0.1, 0.15) is 45.7 Å². The van der Waals surface area contributed by atoms with E-state index in [1.54, 1.807) is 0 Å². The fourth-order valence-corrected chi connectivity index (χ4v) is 2.35. The van der Waals surface area contributed by atoms with Crippen molar-refractivity contribution in [2.45, 2.75) is 46.3 Å². The van der Waals surface area contributed by atoms with Gasteiger partial charge in [-0.2, -0.15) is 0 Å². The van der Waals surface area contributed by atoms with Gasteiger partial charge in [0.1, 0.15) is 0 Å². The van der Waals surface area contributed by atoms with Crippen LogP contribution in [0.5, 0.6) is 0 Å². The second kappa shape index (κ2) is 8.39. The quantitative estimate of drug-likeness (QED) is 0.727. The maximum absolute atomic E-state index is 14.1. The van der Waals surface area contributed by atoms with Crippen LogP contribution in [0.4, 0.5) is 13.2 Å². The molecule has 0 fully saturated rings. The first-order chi connectivity index (χ1) is 9.93. The van der Waals surface area contributed by atoms with Crippen molar-refractivity contribution in [3.8, 4) is 0 Å². The first-order valence-electron chi connectivity index (χ1n) is 7.42. The van der Waals surface area contributed by atoms with Crippen molar-refractivity contribution in [2.24, 2.45) is 5.92 Å². The van der Waals surface area contributed by atoms with E-state index in [4.69, 9.17) is 4.74 Å². The molecule has 0 heterocycles. The molecular weight excluding hydrogens is 279 g/mol. The Kier molecular flexibility index (Phi) is 7.18. The second-order valence-corrected chi connectivity index (χ2v) is 5.36. The van der Waals surface area contributed by atoms with Crippen LogP contribution in [0.3, 0.4) is 0 Å². The Morgan fingerprint density at radius 3 is 2.29 bits per heavy atom. The highest BCUT2D eigenvalue weighted by Gasteiger charge is 2.30. The fourth-order valence-electron chi connectivity index (χ4n) is 2.35. The van der Waals surface area contributed by atoms with Crippen LogP contribution in [-0.4, -0.2) is 19.3 Å². The Labute approximate surface area is 124 Å². The molecule has 0 saturated carbocycles. The molecule has 0 aliphatic heterocycles. The summed E-state index contributed by atoms with van der Waals surface area (Å²) in [4.78, 5) is 0. The van der Waals surface area contributed by atoms with E-state index in [9.17, 15) is 13.2 Å². The lowest BCUT2D eigenvalue weighted by atomic mass is 9.92. The molecule has 21 heavy (non-hydrogen) atoms. The van der Waals surface area contributed by atoms with Gasteiger partial charge in [0.25, 0.3) is 0 Å². The fraction of sp³-hybridized carbons (Fsp3) is 0.625. The average molecular weight is 303 g/mol. The molecule has 0 amide bonds. The Morgan fingerprint density at radius 2 is 1.76 bits per heavy atom. The van der Waals surface area contributed by atoms with Gasteiger partial charge in [-0.15, -0.1) is 0 Å². The van der Waals surface area contributed by atoms with Crippen molar-refractivity contribution in [3.63, 3.8) is 0 Å². The molecule has 0 spiro atoms. The predicted octanol–water partition coefficient (Wildman–Crippen LogP) is 4.21. The van der Waals surface area contributed by atoms with Crippen LogP contribution < -0.4 is 5.32 Å². The Bertz CT molecular complexity index is 451. The number of hydrogen-bond acceptors (Lipinski definition) is 2. The molecule has 0 aromatic heterocycles. The minimum Gasteiger partial charge on any atom is -0.376 e. The molecule has 1 rings (SSSR count). The largest absolute Gasteiger partial charge is 0.376 e. The van der Waals surface area contributed by atoms with Crippen molar-refractivity contribution >= 4 is 0 Å². The van der Waals surface area contributed by atoms with Crippen LogP contribution in [0.15, 0.2) is 12.1 Å². The Balaban J connectivity index is 3.20. The number of halogens is 3. The van der Waals surface area contributed by atoms with Gasteiger partial charge in [-0.3, -0.25) is 0 Å². The molecule has 1 N–H and O–H groups in total. The minimum absolute atomic E-state index is 0.104. The molecule has 120 valence electrons. The van der Waals surface area contributed by atoms with Gasteiger partial charge in [0, 0.05) is 12.2 Å². The molecule has 2 unspecified atom stereocenters. The normalized spacial score (nSPS) is 14.5. The third kappa shape index (κ3) is 4.45. The summed E-state index contributed by atoms with van der Waals surface area (Å²) in [6, 6.07) is 1.73. The van der Waals surface area contributed by atoms with E-state index in [1.807, 2.05) is 27.7 Å². The lowest BCUT2D eigenvalue weighted by molar-refractivity contribution is 0.00185. The van der Waals surface area contributed by atoms with Crippen molar-refractivity contribution in [2.75, 3.05) is 13.2 Å². The average Bonchev–Trinajstić information content (AvgIpc) is 2.45. The second-order valence-electron chi connectivity index (χ2n) is 5.36. The van der Waals surface area contributed by atoms with E-state index >= 15 is 0 Å². The summed E-state index contributed by atoms with van der Waals surface area (Å²) in [6.07, 6.45) is 0.527. The summed E-state index contributed by atoms with van der Waals surface area (Å²) < 4.78 is 46.4. The molecule has 5 heteroatoms. The Morgan fingerprint density at radius 1 is 1.10 bits per heavy atom. The van der Waals surface area contributed by atoms with Gasteiger partial charge in [0.2, 0.25) is 0 Å². The van der Waals surface area contributed by atoms with Gasteiger partial charge in [0.05, 0.1) is 12.1 Å². The van der Waals surface area contributed by atoms with Crippen molar-refractivity contribution < 1.29 is 17.9 Å². The third-order valence-electron chi connectivity index (χ3n) is 3.36. The number of rotatable bonds is 8. The highest BCUT2D eigenvalue weighted by Crippen LogP contribution is 2.28. The van der Waals surface area contributed by atoms with Gasteiger partial charge in [-0.1, -0.05) is 26.8 Å². The van der Waals surface area contributed by atoms with Gasteiger partial charge < -0.3 is 10.1 Å². The van der Waals surface area contributed by atoms with Crippen LogP contribution in [0, 0.1) is 23.4 Å². The van der Waals surface area contributed by atoms with Gasteiger partial charge in [-0.05, 0) is 31.9 Å². The number of benzene rings is 1. The topological polar surface area (TPSA) is 21.3 Å². The summed E-state index contributed by atoms with van der Waals surface area (Å²) in [6.45, 7) is 8.86. The summed E-state index contributed by atoms with van der Waals surface area (Å²) in [5.41, 5.74) is 0.106. The number of ether oxygens (including phenoxy) is 1. The number of nitrogens with one attached hydrogen (secondary N) is 1. The lowest BCUT2D eigenvalue weighted by Gasteiger charge is -2.31. The molecular formula is C16H24F3NO. The van der Waals surface area contributed by atoms with Crippen LogP contribution in [0.25, 0.3) is 0 Å².